The lowest BCUT2D eigenvalue weighted by Crippen LogP contribution is -2.33. The first-order valence-corrected chi connectivity index (χ1v) is 6.13. The third-order valence-corrected chi connectivity index (χ3v) is 3.10. The highest BCUT2D eigenvalue weighted by atomic mass is 19.1. The van der Waals surface area contributed by atoms with E-state index in [2.05, 4.69) is 5.32 Å². The van der Waals surface area contributed by atoms with Gasteiger partial charge < -0.3 is 15.3 Å². The number of hydrogen-bond acceptors (Lipinski definition) is 2. The number of carboxylic acid groups (broad SMARTS) is 1. The molecule has 1 aromatic carbocycles. The Hall–Kier alpha value is -2.18. The summed E-state index contributed by atoms with van der Waals surface area (Å²) in [6.45, 7) is 0.556. The third kappa shape index (κ3) is 3.23. The fourth-order valence-corrected chi connectivity index (χ4v) is 1.79. The Kier molecular flexibility index (Phi) is 3.87. The minimum absolute atomic E-state index is 0.351. The van der Waals surface area contributed by atoms with Crippen molar-refractivity contribution in [2.45, 2.75) is 12.8 Å². The van der Waals surface area contributed by atoms with Gasteiger partial charge in [-0.1, -0.05) is 0 Å². The number of nitrogens with one attached hydrogen (secondary N) is 1. The third-order valence-electron chi connectivity index (χ3n) is 3.10. The molecule has 0 atom stereocenters. The first kappa shape index (κ1) is 14.2. The fourth-order valence-electron chi connectivity index (χ4n) is 1.79. The number of aromatic carboxylic acids is 1. The Labute approximate surface area is 114 Å². The van der Waals surface area contributed by atoms with E-state index in [-0.39, 0.29) is 5.69 Å². The van der Waals surface area contributed by atoms with E-state index >= 15 is 0 Å². The van der Waals surface area contributed by atoms with Gasteiger partial charge in [0, 0.05) is 19.7 Å². The molecule has 1 saturated carbocycles. The summed E-state index contributed by atoms with van der Waals surface area (Å²) in [5.74, 6) is -3.25. The topological polar surface area (TPSA) is 69.6 Å². The van der Waals surface area contributed by atoms with Gasteiger partial charge in [-0.15, -0.1) is 0 Å². The maximum Gasteiger partial charge on any atom is 0.338 e. The van der Waals surface area contributed by atoms with Gasteiger partial charge in [-0.25, -0.2) is 18.4 Å². The zero-order chi connectivity index (χ0) is 14.9. The quantitative estimate of drug-likeness (QED) is 0.892. The van der Waals surface area contributed by atoms with Crippen LogP contribution in [-0.2, 0) is 0 Å². The highest BCUT2D eigenvalue weighted by Gasteiger charge is 2.25. The molecular weight excluding hydrogens is 270 g/mol. The van der Waals surface area contributed by atoms with Crippen molar-refractivity contribution in [3.05, 3.63) is 29.3 Å². The molecular formula is C13H14F2N2O3. The molecule has 5 nitrogen and oxygen atoms in total. The number of rotatable bonds is 4. The van der Waals surface area contributed by atoms with Gasteiger partial charge >= 0.3 is 12.0 Å². The van der Waals surface area contributed by atoms with Crippen molar-refractivity contribution >= 4 is 17.7 Å². The molecule has 0 radical (unpaired) electrons. The summed E-state index contributed by atoms with van der Waals surface area (Å²) in [5.41, 5.74) is -1.04. The fraction of sp³-hybridized carbons (Fsp3) is 0.385. The number of halogens is 2. The number of nitrogens with zero attached hydrogens (tertiary/aromatic N) is 1. The summed E-state index contributed by atoms with van der Waals surface area (Å²) in [4.78, 5) is 24.0. The predicted octanol–water partition coefficient (Wildman–Crippen LogP) is 2.54. The molecule has 108 valence electrons. The van der Waals surface area contributed by atoms with Crippen LogP contribution in [0.4, 0.5) is 19.3 Å². The van der Waals surface area contributed by atoms with Gasteiger partial charge in [0.15, 0.2) is 0 Å². The van der Waals surface area contributed by atoms with Gasteiger partial charge in [0.2, 0.25) is 0 Å². The largest absolute Gasteiger partial charge is 0.478 e. The first-order valence-electron chi connectivity index (χ1n) is 6.13. The van der Waals surface area contributed by atoms with Crippen LogP contribution < -0.4 is 5.32 Å². The second-order valence-electron chi connectivity index (χ2n) is 4.87. The summed E-state index contributed by atoms with van der Waals surface area (Å²) in [6.07, 6.45) is 2.12. The number of hydrogen-bond donors (Lipinski definition) is 2. The van der Waals surface area contributed by atoms with Crippen molar-refractivity contribution in [1.82, 2.24) is 4.90 Å². The standard InChI is InChI=1S/C13H14F2N2O3/c1-17(6-7-2-3-7)13(20)16-11-4-8(12(18)19)9(14)5-10(11)15/h4-5,7H,2-3,6H2,1H3,(H,16,20)(H,18,19). The van der Waals surface area contributed by atoms with Crippen molar-refractivity contribution < 1.29 is 23.5 Å². The molecule has 2 rings (SSSR count). The lowest BCUT2D eigenvalue weighted by atomic mass is 10.2. The zero-order valence-corrected chi connectivity index (χ0v) is 10.8. The lowest BCUT2D eigenvalue weighted by molar-refractivity contribution is 0.0692. The van der Waals surface area contributed by atoms with Crippen LogP contribution in [0.3, 0.4) is 0 Å². The number of carboxylic acids is 1. The molecule has 0 heterocycles. The average Bonchev–Trinajstić information content (AvgIpc) is 3.15. The van der Waals surface area contributed by atoms with E-state index in [0.29, 0.717) is 18.5 Å². The van der Waals surface area contributed by atoms with E-state index in [1.165, 1.54) is 4.90 Å². The van der Waals surface area contributed by atoms with Gasteiger partial charge in [-0.3, -0.25) is 0 Å². The summed E-state index contributed by atoms with van der Waals surface area (Å²) in [5, 5.41) is 11.0. The van der Waals surface area contributed by atoms with E-state index in [1.807, 2.05) is 0 Å². The van der Waals surface area contributed by atoms with E-state index in [4.69, 9.17) is 5.11 Å². The van der Waals surface area contributed by atoms with Gasteiger partial charge in [0.25, 0.3) is 0 Å². The molecule has 0 spiro atoms. The number of anilines is 1. The van der Waals surface area contributed by atoms with Crippen molar-refractivity contribution in [3.8, 4) is 0 Å². The molecule has 0 unspecified atom stereocenters. The summed E-state index contributed by atoms with van der Waals surface area (Å²) in [6, 6.07) is 0.661. The van der Waals surface area contributed by atoms with Crippen LogP contribution in [0.25, 0.3) is 0 Å². The predicted molar refractivity (Wildman–Crippen MR) is 67.7 cm³/mol. The smallest absolute Gasteiger partial charge is 0.338 e. The Morgan fingerprint density at radius 2 is 2.00 bits per heavy atom. The van der Waals surface area contributed by atoms with E-state index in [0.717, 1.165) is 18.9 Å². The minimum atomic E-state index is -1.52. The second-order valence-corrected chi connectivity index (χ2v) is 4.87. The van der Waals surface area contributed by atoms with Gasteiger partial charge in [-0.05, 0) is 24.8 Å². The van der Waals surface area contributed by atoms with Crippen molar-refractivity contribution in [3.63, 3.8) is 0 Å². The second kappa shape index (κ2) is 5.44. The molecule has 2 N–H and O–H groups in total. The molecule has 0 aromatic heterocycles. The number of carbonyl (C=O) groups is 2. The number of amides is 2. The van der Waals surface area contributed by atoms with Crippen LogP contribution in [0, 0.1) is 17.6 Å². The maximum atomic E-state index is 13.5. The van der Waals surface area contributed by atoms with Crippen LogP contribution in [0.2, 0.25) is 0 Å². The Morgan fingerprint density at radius 1 is 1.35 bits per heavy atom. The van der Waals surface area contributed by atoms with Crippen LogP contribution in [-0.4, -0.2) is 35.6 Å². The number of carbonyl (C=O) groups excluding carboxylic acids is 1. The number of benzene rings is 1. The molecule has 1 fully saturated rings. The molecule has 1 aliphatic carbocycles. The molecule has 1 aliphatic rings. The van der Waals surface area contributed by atoms with Crippen LogP contribution in [0.1, 0.15) is 23.2 Å². The highest BCUT2D eigenvalue weighted by Crippen LogP contribution is 2.29. The van der Waals surface area contributed by atoms with E-state index in [1.54, 1.807) is 7.05 Å². The van der Waals surface area contributed by atoms with E-state index in [9.17, 15) is 18.4 Å². The first-order chi connectivity index (χ1) is 9.38. The van der Waals surface area contributed by atoms with Crippen LogP contribution in [0.15, 0.2) is 12.1 Å². The Balaban J connectivity index is 2.13. The molecule has 0 bridgehead atoms. The van der Waals surface area contributed by atoms with Gasteiger partial charge in [0.1, 0.15) is 11.6 Å². The van der Waals surface area contributed by atoms with Crippen LogP contribution >= 0.6 is 0 Å². The number of urea groups is 1. The van der Waals surface area contributed by atoms with Crippen LogP contribution in [0.5, 0.6) is 0 Å². The van der Waals surface area contributed by atoms with Gasteiger partial charge in [0.05, 0.1) is 11.3 Å². The molecule has 7 heteroatoms. The Bertz CT molecular complexity index is 559. The molecule has 2 amide bonds. The highest BCUT2D eigenvalue weighted by molar-refractivity contribution is 5.93. The minimum Gasteiger partial charge on any atom is -0.478 e. The molecule has 0 saturated heterocycles. The lowest BCUT2D eigenvalue weighted by Gasteiger charge is -2.18. The summed E-state index contributed by atoms with van der Waals surface area (Å²) < 4.78 is 26.7. The summed E-state index contributed by atoms with van der Waals surface area (Å²) >= 11 is 0. The summed E-state index contributed by atoms with van der Waals surface area (Å²) in [7, 11) is 1.56. The normalized spacial score (nSPS) is 13.9. The molecule has 0 aliphatic heterocycles. The monoisotopic (exact) mass is 284 g/mol. The van der Waals surface area contributed by atoms with Crippen molar-refractivity contribution in [2.24, 2.45) is 5.92 Å². The van der Waals surface area contributed by atoms with E-state index < -0.39 is 29.2 Å². The zero-order valence-electron chi connectivity index (χ0n) is 10.8. The molecule has 1 aromatic rings. The SMILES string of the molecule is CN(CC1CC1)C(=O)Nc1cc(C(=O)O)c(F)cc1F. The Morgan fingerprint density at radius 3 is 2.55 bits per heavy atom. The van der Waals surface area contributed by atoms with Crippen molar-refractivity contribution in [1.29, 1.82) is 0 Å². The molecule has 20 heavy (non-hydrogen) atoms. The average molecular weight is 284 g/mol. The van der Waals surface area contributed by atoms with Gasteiger partial charge in [-0.2, -0.15) is 0 Å². The maximum absolute atomic E-state index is 13.5. The van der Waals surface area contributed by atoms with Crippen molar-refractivity contribution in [2.75, 3.05) is 18.9 Å².